The van der Waals surface area contributed by atoms with Gasteiger partial charge in [-0.15, -0.1) is 11.3 Å². The minimum absolute atomic E-state index is 0.155. The Morgan fingerprint density at radius 2 is 2.39 bits per heavy atom. The van der Waals surface area contributed by atoms with E-state index in [0.29, 0.717) is 6.04 Å². The molecule has 1 aliphatic rings. The molecule has 1 amide bonds. The number of hydrogen-bond acceptors (Lipinski definition) is 3. The molecular weight excluding hydrogens is 380 g/mol. The van der Waals surface area contributed by atoms with Gasteiger partial charge in [-0.1, -0.05) is 6.92 Å². The van der Waals surface area contributed by atoms with Gasteiger partial charge in [-0.25, -0.2) is 0 Å². The summed E-state index contributed by atoms with van der Waals surface area (Å²) >= 11 is 8.37. The molecule has 0 spiro atoms. The van der Waals surface area contributed by atoms with E-state index < -0.39 is 0 Å². The summed E-state index contributed by atoms with van der Waals surface area (Å²) in [5.74, 6) is 0.155. The van der Waals surface area contributed by atoms with Crippen molar-refractivity contribution in [2.45, 2.75) is 25.8 Å². The van der Waals surface area contributed by atoms with Crippen LogP contribution >= 0.6 is 43.2 Å². The molecule has 18 heavy (non-hydrogen) atoms. The third-order valence-electron chi connectivity index (χ3n) is 3.06. The monoisotopic (exact) mass is 394 g/mol. The number of nitrogens with zero attached hydrogens (tertiary/aromatic N) is 1. The van der Waals surface area contributed by atoms with Gasteiger partial charge in [0.15, 0.2) is 0 Å². The third kappa shape index (κ3) is 3.15. The second-order valence-corrected chi connectivity index (χ2v) is 7.60. The molecule has 0 saturated carbocycles. The number of rotatable bonds is 4. The summed E-state index contributed by atoms with van der Waals surface area (Å²) in [7, 11) is 0. The quantitative estimate of drug-likeness (QED) is 0.846. The molecule has 6 heteroatoms. The fraction of sp³-hybridized carbons (Fsp3) is 0.583. The SMILES string of the molecule is CCCN(C(=O)c1cc(Br)c(Br)s1)C1CCNC1. The van der Waals surface area contributed by atoms with E-state index in [9.17, 15) is 4.79 Å². The van der Waals surface area contributed by atoms with Gasteiger partial charge in [0.1, 0.15) is 0 Å². The van der Waals surface area contributed by atoms with Crippen LogP contribution in [0.4, 0.5) is 0 Å². The number of carbonyl (C=O) groups excluding carboxylic acids is 1. The number of hydrogen-bond donors (Lipinski definition) is 1. The van der Waals surface area contributed by atoms with Crippen molar-refractivity contribution in [1.29, 1.82) is 0 Å². The predicted molar refractivity (Wildman–Crippen MR) is 82.3 cm³/mol. The van der Waals surface area contributed by atoms with Crippen LogP contribution in [-0.4, -0.2) is 36.5 Å². The van der Waals surface area contributed by atoms with Crippen molar-refractivity contribution in [3.8, 4) is 0 Å². The van der Waals surface area contributed by atoms with Crippen molar-refractivity contribution < 1.29 is 4.79 Å². The molecule has 1 aromatic rings. The lowest BCUT2D eigenvalue weighted by Crippen LogP contribution is -2.41. The highest BCUT2D eigenvalue weighted by atomic mass is 79.9. The first-order chi connectivity index (χ1) is 8.63. The number of nitrogens with one attached hydrogen (secondary N) is 1. The highest BCUT2D eigenvalue weighted by Gasteiger charge is 2.27. The Kier molecular flexibility index (Phi) is 5.24. The largest absolute Gasteiger partial charge is 0.334 e. The van der Waals surface area contributed by atoms with Gasteiger partial charge in [0, 0.05) is 23.6 Å². The zero-order valence-corrected chi connectivity index (χ0v) is 14.2. The van der Waals surface area contributed by atoms with Gasteiger partial charge < -0.3 is 10.2 Å². The van der Waals surface area contributed by atoms with Crippen molar-refractivity contribution >= 4 is 49.1 Å². The van der Waals surface area contributed by atoms with Crippen LogP contribution < -0.4 is 5.32 Å². The summed E-state index contributed by atoms with van der Waals surface area (Å²) in [4.78, 5) is 15.4. The lowest BCUT2D eigenvalue weighted by Gasteiger charge is -2.27. The predicted octanol–water partition coefficient (Wildman–Crippen LogP) is 3.49. The lowest BCUT2D eigenvalue weighted by atomic mass is 10.2. The van der Waals surface area contributed by atoms with Gasteiger partial charge in [-0.3, -0.25) is 4.79 Å². The van der Waals surface area contributed by atoms with Crippen molar-refractivity contribution in [2.24, 2.45) is 0 Å². The molecular formula is C12H16Br2N2OS. The zero-order valence-electron chi connectivity index (χ0n) is 10.2. The van der Waals surface area contributed by atoms with Crippen LogP contribution in [-0.2, 0) is 0 Å². The van der Waals surface area contributed by atoms with Crippen LogP contribution in [0, 0.1) is 0 Å². The average Bonchev–Trinajstić information content (AvgIpc) is 2.97. The second kappa shape index (κ2) is 6.50. The topological polar surface area (TPSA) is 32.3 Å². The molecule has 1 aromatic heterocycles. The Balaban J connectivity index is 2.16. The van der Waals surface area contributed by atoms with Crippen LogP contribution in [0.25, 0.3) is 0 Å². The Morgan fingerprint density at radius 1 is 1.61 bits per heavy atom. The Hall–Kier alpha value is 0.0900. The number of halogens is 2. The average molecular weight is 396 g/mol. The summed E-state index contributed by atoms with van der Waals surface area (Å²) in [6.07, 6.45) is 2.05. The maximum atomic E-state index is 12.6. The van der Waals surface area contributed by atoms with Gasteiger partial charge in [0.05, 0.1) is 8.66 Å². The van der Waals surface area contributed by atoms with Gasteiger partial charge in [0.25, 0.3) is 5.91 Å². The first kappa shape index (κ1) is 14.5. The molecule has 3 nitrogen and oxygen atoms in total. The van der Waals surface area contributed by atoms with Crippen LogP contribution in [0.1, 0.15) is 29.4 Å². The Morgan fingerprint density at radius 3 is 2.89 bits per heavy atom. The summed E-state index contributed by atoms with van der Waals surface area (Å²) < 4.78 is 1.93. The van der Waals surface area contributed by atoms with E-state index in [4.69, 9.17) is 0 Å². The molecule has 2 heterocycles. The standard InChI is InChI=1S/C12H16Br2N2OS/c1-2-5-16(8-3-4-15-7-8)12(17)10-6-9(13)11(14)18-10/h6,8,15H,2-5,7H2,1H3. The van der Waals surface area contributed by atoms with Gasteiger partial charge in [-0.05, 0) is 57.3 Å². The minimum Gasteiger partial charge on any atom is -0.334 e. The van der Waals surface area contributed by atoms with E-state index in [-0.39, 0.29) is 5.91 Å². The first-order valence-corrected chi connectivity index (χ1v) is 8.50. The molecule has 1 fully saturated rings. The summed E-state index contributed by atoms with van der Waals surface area (Å²) in [6.45, 7) is 4.87. The van der Waals surface area contributed by atoms with Crippen molar-refractivity contribution in [2.75, 3.05) is 19.6 Å². The Bertz CT molecular complexity index is 410. The second-order valence-electron chi connectivity index (χ2n) is 4.38. The summed E-state index contributed by atoms with van der Waals surface area (Å²) in [5, 5.41) is 3.33. The van der Waals surface area contributed by atoms with Gasteiger partial charge >= 0.3 is 0 Å². The molecule has 0 radical (unpaired) electrons. The Labute approximate surface area is 128 Å². The van der Waals surface area contributed by atoms with Gasteiger partial charge in [-0.2, -0.15) is 0 Å². The normalized spacial score (nSPS) is 19.2. The number of thiophene rings is 1. The van der Waals surface area contributed by atoms with E-state index in [2.05, 4.69) is 44.1 Å². The van der Waals surface area contributed by atoms with Gasteiger partial charge in [0.2, 0.25) is 0 Å². The molecule has 0 aliphatic carbocycles. The molecule has 1 aliphatic heterocycles. The summed E-state index contributed by atoms with van der Waals surface area (Å²) in [6, 6.07) is 2.25. The van der Waals surface area contributed by atoms with Crippen LogP contribution in [0.15, 0.2) is 14.3 Å². The minimum atomic E-state index is 0.155. The van der Waals surface area contributed by atoms with E-state index in [1.807, 2.05) is 11.0 Å². The van der Waals surface area contributed by atoms with E-state index in [0.717, 1.165) is 45.6 Å². The lowest BCUT2D eigenvalue weighted by molar-refractivity contribution is 0.0697. The molecule has 1 atom stereocenters. The first-order valence-electron chi connectivity index (χ1n) is 6.10. The molecule has 0 aromatic carbocycles. The number of amides is 1. The maximum Gasteiger partial charge on any atom is 0.264 e. The molecule has 2 rings (SSSR count). The molecule has 100 valence electrons. The van der Waals surface area contributed by atoms with E-state index in [1.54, 1.807) is 0 Å². The molecule has 1 unspecified atom stereocenters. The third-order valence-corrected chi connectivity index (χ3v) is 6.30. The molecule has 1 N–H and O–H groups in total. The molecule has 1 saturated heterocycles. The fourth-order valence-corrected chi connectivity index (χ4v) is 4.18. The van der Waals surface area contributed by atoms with E-state index in [1.165, 1.54) is 11.3 Å². The maximum absolute atomic E-state index is 12.6. The smallest absolute Gasteiger partial charge is 0.264 e. The van der Waals surface area contributed by atoms with Crippen LogP contribution in [0.2, 0.25) is 0 Å². The van der Waals surface area contributed by atoms with Crippen molar-refractivity contribution in [3.05, 3.63) is 19.2 Å². The van der Waals surface area contributed by atoms with Crippen molar-refractivity contribution in [3.63, 3.8) is 0 Å². The molecule has 0 bridgehead atoms. The van der Waals surface area contributed by atoms with Crippen molar-refractivity contribution in [1.82, 2.24) is 10.2 Å². The van der Waals surface area contributed by atoms with Crippen LogP contribution in [0.5, 0.6) is 0 Å². The zero-order chi connectivity index (χ0) is 13.1. The summed E-state index contributed by atoms with van der Waals surface area (Å²) in [5.41, 5.74) is 0. The highest BCUT2D eigenvalue weighted by Crippen LogP contribution is 2.33. The fourth-order valence-electron chi connectivity index (χ4n) is 2.19. The number of carbonyl (C=O) groups is 1. The highest BCUT2D eigenvalue weighted by molar-refractivity contribution is 9.13. The van der Waals surface area contributed by atoms with E-state index >= 15 is 0 Å². The van der Waals surface area contributed by atoms with Crippen LogP contribution in [0.3, 0.4) is 0 Å².